The Morgan fingerprint density at radius 2 is 1.79 bits per heavy atom. The lowest BCUT2D eigenvalue weighted by molar-refractivity contribution is -0.125. The van der Waals surface area contributed by atoms with Gasteiger partial charge in [-0.3, -0.25) is 9.69 Å². The van der Waals surface area contributed by atoms with Crippen LogP contribution in [-0.2, 0) is 17.8 Å². The summed E-state index contributed by atoms with van der Waals surface area (Å²) in [5.41, 5.74) is 2.38. The van der Waals surface area contributed by atoms with E-state index < -0.39 is 6.04 Å². The van der Waals surface area contributed by atoms with E-state index in [1.165, 1.54) is 11.9 Å². The summed E-state index contributed by atoms with van der Waals surface area (Å²) in [5, 5.41) is 14.7. The minimum absolute atomic E-state index is 0.0345. The second-order valence-corrected chi connectivity index (χ2v) is 7.56. The minimum Gasteiger partial charge on any atom is -0.350 e. The molecule has 0 spiro atoms. The first-order valence-corrected chi connectivity index (χ1v) is 10.1. The molecule has 0 bridgehead atoms. The van der Waals surface area contributed by atoms with Crippen LogP contribution >= 0.6 is 0 Å². The Bertz CT molecular complexity index is 884. The van der Waals surface area contributed by atoms with Crippen molar-refractivity contribution in [1.29, 1.82) is 0 Å². The number of carbonyl (C=O) groups excluding carboxylic acids is 1. The molecule has 2 atom stereocenters. The summed E-state index contributed by atoms with van der Waals surface area (Å²) >= 11 is 0. The molecule has 3 aromatic rings. The molecule has 1 aliphatic rings. The molecule has 1 fully saturated rings. The van der Waals surface area contributed by atoms with Gasteiger partial charge in [0.1, 0.15) is 12.4 Å². The van der Waals surface area contributed by atoms with Gasteiger partial charge in [0.15, 0.2) is 0 Å². The summed E-state index contributed by atoms with van der Waals surface area (Å²) in [6.45, 7) is 2.82. The zero-order chi connectivity index (χ0) is 19.9. The zero-order valence-electron chi connectivity index (χ0n) is 16.4. The number of nitrogens with zero attached hydrogens (tertiary/aromatic N) is 5. The molecule has 1 amide bonds. The molecule has 1 saturated heterocycles. The Kier molecular flexibility index (Phi) is 6.26. The lowest BCUT2D eigenvalue weighted by Crippen LogP contribution is -2.49. The molecule has 7 heteroatoms. The number of hydrogen-bond acceptors (Lipinski definition) is 5. The quantitative estimate of drug-likeness (QED) is 0.670. The molecule has 150 valence electrons. The zero-order valence-corrected chi connectivity index (χ0v) is 16.4. The lowest BCUT2D eigenvalue weighted by atomic mass is 10.0. The highest BCUT2D eigenvalue weighted by Gasteiger charge is 2.27. The SMILES string of the molecule is O=C(NC1CCCN(Cc2ccccc2)C1)C(Cc1ccccc1)n1cnnn1. The molecule has 7 nitrogen and oxygen atoms in total. The number of benzene rings is 2. The molecule has 2 heterocycles. The standard InChI is InChI=1S/C22H26N6O/c29-22(21(28-17-23-25-26-28)14-18-8-3-1-4-9-18)24-20-12-7-13-27(16-20)15-19-10-5-2-6-11-19/h1-6,8-11,17,20-21H,7,12-16H2,(H,24,29). The van der Waals surface area contributed by atoms with Crippen molar-refractivity contribution >= 4 is 5.91 Å². The maximum absolute atomic E-state index is 13.1. The van der Waals surface area contributed by atoms with Crippen LogP contribution in [0.1, 0.15) is 30.0 Å². The van der Waals surface area contributed by atoms with Crippen molar-refractivity contribution in [3.63, 3.8) is 0 Å². The van der Waals surface area contributed by atoms with Crippen LogP contribution in [0.2, 0.25) is 0 Å². The number of aromatic nitrogens is 4. The van der Waals surface area contributed by atoms with Crippen LogP contribution in [0.4, 0.5) is 0 Å². The fourth-order valence-corrected chi connectivity index (χ4v) is 3.91. The van der Waals surface area contributed by atoms with Gasteiger partial charge in [-0.15, -0.1) is 5.10 Å². The van der Waals surface area contributed by atoms with Crippen molar-refractivity contribution in [2.24, 2.45) is 0 Å². The number of piperidine rings is 1. The lowest BCUT2D eigenvalue weighted by Gasteiger charge is -2.34. The number of likely N-dealkylation sites (tertiary alicyclic amines) is 1. The first-order valence-electron chi connectivity index (χ1n) is 10.1. The summed E-state index contributed by atoms with van der Waals surface area (Å²) < 4.78 is 1.55. The van der Waals surface area contributed by atoms with Crippen LogP contribution in [0.15, 0.2) is 67.0 Å². The van der Waals surface area contributed by atoms with Crippen LogP contribution in [0, 0.1) is 0 Å². The second-order valence-electron chi connectivity index (χ2n) is 7.56. The van der Waals surface area contributed by atoms with E-state index in [9.17, 15) is 4.79 Å². The molecule has 1 aromatic heterocycles. The molecular formula is C22H26N6O. The van der Waals surface area contributed by atoms with Gasteiger partial charge in [-0.05, 0) is 40.9 Å². The van der Waals surface area contributed by atoms with Gasteiger partial charge in [-0.25, -0.2) is 4.68 Å². The number of hydrogen-bond donors (Lipinski definition) is 1. The molecule has 2 aromatic carbocycles. The Balaban J connectivity index is 1.40. The largest absolute Gasteiger partial charge is 0.350 e. The monoisotopic (exact) mass is 390 g/mol. The first-order chi connectivity index (χ1) is 14.3. The Morgan fingerprint density at radius 1 is 1.07 bits per heavy atom. The smallest absolute Gasteiger partial charge is 0.245 e. The molecule has 1 N–H and O–H groups in total. The summed E-state index contributed by atoms with van der Waals surface area (Å²) in [4.78, 5) is 15.5. The van der Waals surface area contributed by atoms with Gasteiger partial charge >= 0.3 is 0 Å². The summed E-state index contributed by atoms with van der Waals surface area (Å²) in [6.07, 6.45) is 4.13. The fourth-order valence-electron chi connectivity index (χ4n) is 3.91. The third-order valence-corrected chi connectivity index (χ3v) is 5.36. The first kappa shape index (κ1) is 19.3. The van der Waals surface area contributed by atoms with Crippen molar-refractivity contribution < 1.29 is 4.79 Å². The van der Waals surface area contributed by atoms with Gasteiger partial charge in [0.05, 0.1) is 0 Å². The Hall–Kier alpha value is -3.06. The fraction of sp³-hybridized carbons (Fsp3) is 0.364. The average molecular weight is 390 g/mol. The van der Waals surface area contributed by atoms with Gasteiger partial charge < -0.3 is 5.32 Å². The number of tetrazole rings is 1. The molecule has 29 heavy (non-hydrogen) atoms. The van der Waals surface area contributed by atoms with Crippen molar-refractivity contribution in [3.05, 3.63) is 78.1 Å². The summed E-state index contributed by atoms with van der Waals surface area (Å²) in [6, 6.07) is 20.1. The minimum atomic E-state index is -0.461. The van der Waals surface area contributed by atoms with Crippen LogP contribution in [0.5, 0.6) is 0 Å². The van der Waals surface area contributed by atoms with Gasteiger partial charge in [-0.2, -0.15) is 0 Å². The summed E-state index contributed by atoms with van der Waals surface area (Å²) in [5.74, 6) is -0.0345. The predicted octanol–water partition coefficient (Wildman–Crippen LogP) is 2.24. The van der Waals surface area contributed by atoms with Gasteiger partial charge in [0.2, 0.25) is 5.91 Å². The topological polar surface area (TPSA) is 75.9 Å². The van der Waals surface area contributed by atoms with Crippen molar-refractivity contribution in [2.75, 3.05) is 13.1 Å². The maximum atomic E-state index is 13.1. The number of nitrogens with one attached hydrogen (secondary N) is 1. The molecule has 4 rings (SSSR count). The van der Waals surface area contributed by atoms with Crippen LogP contribution in [0.3, 0.4) is 0 Å². The molecule has 0 aliphatic carbocycles. The molecular weight excluding hydrogens is 364 g/mol. The van der Waals surface area contributed by atoms with Crippen molar-refractivity contribution in [2.45, 2.75) is 37.9 Å². The van der Waals surface area contributed by atoms with E-state index in [0.717, 1.165) is 38.0 Å². The number of rotatable bonds is 7. The highest BCUT2D eigenvalue weighted by molar-refractivity contribution is 5.80. The van der Waals surface area contributed by atoms with Gasteiger partial charge in [0.25, 0.3) is 0 Å². The third-order valence-electron chi connectivity index (χ3n) is 5.36. The van der Waals surface area contributed by atoms with Crippen LogP contribution in [-0.4, -0.2) is 50.1 Å². The predicted molar refractivity (Wildman–Crippen MR) is 110 cm³/mol. The summed E-state index contributed by atoms with van der Waals surface area (Å²) in [7, 11) is 0. The highest BCUT2D eigenvalue weighted by atomic mass is 16.2. The second kappa shape index (κ2) is 9.43. The van der Waals surface area contributed by atoms with E-state index in [-0.39, 0.29) is 11.9 Å². The maximum Gasteiger partial charge on any atom is 0.245 e. The highest BCUT2D eigenvalue weighted by Crippen LogP contribution is 2.17. The molecule has 0 saturated carbocycles. The van der Waals surface area contributed by atoms with Crippen molar-refractivity contribution in [3.8, 4) is 0 Å². The number of amides is 1. The van der Waals surface area contributed by atoms with Gasteiger partial charge in [-0.1, -0.05) is 60.7 Å². The average Bonchev–Trinajstić information content (AvgIpc) is 3.28. The van der Waals surface area contributed by atoms with Gasteiger partial charge in [0, 0.05) is 25.6 Å². The van der Waals surface area contributed by atoms with Crippen LogP contribution in [0.25, 0.3) is 0 Å². The van der Waals surface area contributed by atoms with E-state index in [1.54, 1.807) is 4.68 Å². The van der Waals surface area contributed by atoms with E-state index >= 15 is 0 Å². The Morgan fingerprint density at radius 3 is 2.48 bits per heavy atom. The molecule has 2 unspecified atom stereocenters. The Labute approximate surface area is 170 Å². The van der Waals surface area contributed by atoms with E-state index in [4.69, 9.17) is 0 Å². The number of carbonyl (C=O) groups is 1. The molecule has 1 aliphatic heterocycles. The normalized spacial score (nSPS) is 18.3. The molecule has 0 radical (unpaired) electrons. The van der Waals surface area contributed by atoms with E-state index in [1.807, 2.05) is 36.4 Å². The van der Waals surface area contributed by atoms with Crippen molar-refractivity contribution in [1.82, 2.24) is 30.4 Å². The van der Waals surface area contributed by atoms with Crippen LogP contribution < -0.4 is 5.32 Å². The van der Waals surface area contributed by atoms with E-state index in [0.29, 0.717) is 6.42 Å². The third kappa shape index (κ3) is 5.26. The van der Waals surface area contributed by atoms with E-state index in [2.05, 4.69) is 50.0 Å².